The molecular weight excluding hydrogens is 669 g/mol. The van der Waals surface area contributed by atoms with Crippen LogP contribution >= 0.6 is 11.7 Å². The summed E-state index contributed by atoms with van der Waals surface area (Å²) >= 11 is 1.24. The van der Waals surface area contributed by atoms with Gasteiger partial charge in [-0.15, -0.1) is 0 Å². The lowest BCUT2D eigenvalue weighted by Gasteiger charge is -2.13. The van der Waals surface area contributed by atoms with Crippen LogP contribution in [0.15, 0.2) is 170 Å². The van der Waals surface area contributed by atoms with Crippen molar-refractivity contribution in [3.8, 4) is 67.7 Å². The second-order valence-corrected chi connectivity index (χ2v) is 13.4. The second-order valence-electron chi connectivity index (χ2n) is 12.9. The van der Waals surface area contributed by atoms with Gasteiger partial charge in [0.1, 0.15) is 11.0 Å². The summed E-state index contributed by atoms with van der Waals surface area (Å²) in [5, 5.41) is 3.18. The Morgan fingerprint density at radius 1 is 0.321 bits per heavy atom. The van der Waals surface area contributed by atoms with Crippen molar-refractivity contribution in [1.82, 2.24) is 28.7 Å². The molecule has 7 heteroatoms. The molecule has 3 heterocycles. The Kier molecular flexibility index (Phi) is 7.55. The molecule has 0 fully saturated rings. The van der Waals surface area contributed by atoms with Crippen molar-refractivity contribution < 1.29 is 0 Å². The Balaban J connectivity index is 1.11. The van der Waals surface area contributed by atoms with Crippen molar-refractivity contribution in [1.29, 1.82) is 0 Å². The first-order chi connectivity index (χ1) is 26.2. The van der Waals surface area contributed by atoms with Gasteiger partial charge in [-0.05, 0) is 52.6 Å². The van der Waals surface area contributed by atoms with E-state index >= 15 is 0 Å². The van der Waals surface area contributed by atoms with E-state index in [9.17, 15) is 0 Å². The molecule has 0 N–H and O–H groups in total. The topological polar surface area (TPSA) is 77.3 Å². The summed E-state index contributed by atoms with van der Waals surface area (Å²) in [6.07, 6.45) is 0. The Morgan fingerprint density at radius 2 is 0.830 bits per heavy atom. The van der Waals surface area contributed by atoms with E-state index in [0.29, 0.717) is 17.5 Å². The highest BCUT2D eigenvalue weighted by molar-refractivity contribution is 7.00. The van der Waals surface area contributed by atoms with Gasteiger partial charge >= 0.3 is 0 Å². The normalized spacial score (nSPS) is 11.4. The largest absolute Gasteiger partial charge is 0.247 e. The first-order valence-corrected chi connectivity index (χ1v) is 18.1. The molecule has 0 amide bonds. The molecular formula is C46H28N6S. The molecule has 53 heavy (non-hydrogen) atoms. The Morgan fingerprint density at radius 3 is 1.49 bits per heavy atom. The average molecular weight is 697 g/mol. The minimum atomic E-state index is 0.607. The summed E-state index contributed by atoms with van der Waals surface area (Å²) in [5.41, 5.74) is 11.8. The average Bonchev–Trinajstić information content (AvgIpc) is 3.73. The molecule has 0 aliphatic rings. The molecule has 0 saturated carbocycles. The molecule has 3 aromatic heterocycles. The quantitative estimate of drug-likeness (QED) is 0.161. The van der Waals surface area contributed by atoms with E-state index in [2.05, 4.69) is 114 Å². The molecule has 0 aliphatic heterocycles. The van der Waals surface area contributed by atoms with Gasteiger partial charge in [-0.3, -0.25) is 0 Å². The van der Waals surface area contributed by atoms with Crippen LogP contribution in [0.1, 0.15) is 0 Å². The molecule has 0 atom stereocenters. The van der Waals surface area contributed by atoms with Crippen LogP contribution in [0, 0.1) is 0 Å². The highest BCUT2D eigenvalue weighted by atomic mass is 32.1. The first kappa shape index (κ1) is 30.8. The number of rotatable bonds is 6. The van der Waals surface area contributed by atoms with Crippen molar-refractivity contribution >= 4 is 44.4 Å². The van der Waals surface area contributed by atoms with Crippen molar-refractivity contribution in [2.45, 2.75) is 0 Å². The monoisotopic (exact) mass is 696 g/mol. The zero-order valence-corrected chi connectivity index (χ0v) is 29.1. The van der Waals surface area contributed by atoms with Crippen LogP contribution in [0.5, 0.6) is 0 Å². The van der Waals surface area contributed by atoms with Crippen LogP contribution in [0.3, 0.4) is 0 Å². The maximum absolute atomic E-state index is 5.27. The van der Waals surface area contributed by atoms with E-state index in [4.69, 9.17) is 24.3 Å². The molecule has 0 saturated heterocycles. The molecule has 0 unspecified atom stereocenters. The van der Waals surface area contributed by atoms with Gasteiger partial charge in [0.2, 0.25) is 0 Å². The maximum atomic E-state index is 5.27. The Labute approximate surface area is 309 Å². The number of hydrogen-bond acceptors (Lipinski definition) is 7. The van der Waals surface area contributed by atoms with Gasteiger partial charge in [0, 0.05) is 38.4 Å². The van der Waals surface area contributed by atoms with E-state index in [1.807, 2.05) is 60.7 Å². The Hall–Kier alpha value is -6.96. The van der Waals surface area contributed by atoms with Crippen molar-refractivity contribution in [2.24, 2.45) is 0 Å². The van der Waals surface area contributed by atoms with Crippen LogP contribution in [-0.2, 0) is 0 Å². The van der Waals surface area contributed by atoms with E-state index < -0.39 is 0 Å². The predicted octanol–water partition coefficient (Wildman–Crippen LogP) is 11.6. The zero-order chi connectivity index (χ0) is 35.1. The summed E-state index contributed by atoms with van der Waals surface area (Å²) < 4.78 is 9.26. The number of nitrogens with zero attached hydrogens (tertiary/aromatic N) is 6. The molecule has 0 bridgehead atoms. The number of pyridine rings is 1. The molecule has 0 spiro atoms. The van der Waals surface area contributed by atoms with Gasteiger partial charge in [-0.25, -0.2) is 19.9 Å². The summed E-state index contributed by atoms with van der Waals surface area (Å²) in [7, 11) is 0. The van der Waals surface area contributed by atoms with Gasteiger partial charge in [0.05, 0.1) is 22.9 Å². The fourth-order valence-electron chi connectivity index (χ4n) is 6.99. The molecule has 10 aromatic rings. The standard InChI is InChI=1S/C46H28N6S/c1-4-12-29(13-5-1)32-18-10-20-35(26-32)45-48-44(31-16-8-3-9-17-31)49-46(50-45)36-21-11-19-33(27-36)34-22-23-37-40(28-34)47-42(30-14-6-2-7-15-30)38-24-25-39-43(41(37)38)52-53-51-39/h1-28H. The van der Waals surface area contributed by atoms with Crippen LogP contribution < -0.4 is 0 Å². The molecule has 0 radical (unpaired) electrons. The minimum Gasteiger partial charge on any atom is -0.247 e. The second kappa shape index (κ2) is 13.0. The van der Waals surface area contributed by atoms with Gasteiger partial charge in [-0.1, -0.05) is 140 Å². The third-order valence-corrected chi connectivity index (χ3v) is 10.1. The minimum absolute atomic E-state index is 0.607. The Bertz CT molecular complexity index is 2950. The summed E-state index contributed by atoms with van der Waals surface area (Å²) in [6.45, 7) is 0. The van der Waals surface area contributed by atoms with Gasteiger partial charge in [0.15, 0.2) is 17.5 Å². The molecule has 248 valence electrons. The molecule has 10 rings (SSSR count). The van der Waals surface area contributed by atoms with Gasteiger partial charge < -0.3 is 0 Å². The highest BCUT2D eigenvalue weighted by Crippen LogP contribution is 2.38. The van der Waals surface area contributed by atoms with E-state index in [1.165, 1.54) is 11.7 Å². The maximum Gasteiger partial charge on any atom is 0.164 e. The molecule has 6 nitrogen and oxygen atoms in total. The number of benzene rings is 7. The van der Waals surface area contributed by atoms with Crippen molar-refractivity contribution in [2.75, 3.05) is 0 Å². The van der Waals surface area contributed by atoms with E-state index in [0.717, 1.165) is 82.9 Å². The van der Waals surface area contributed by atoms with Crippen LogP contribution in [0.4, 0.5) is 0 Å². The van der Waals surface area contributed by atoms with Crippen LogP contribution in [0.2, 0.25) is 0 Å². The van der Waals surface area contributed by atoms with Gasteiger partial charge in [-0.2, -0.15) is 8.75 Å². The fraction of sp³-hybridized carbons (Fsp3) is 0. The van der Waals surface area contributed by atoms with Gasteiger partial charge in [0.25, 0.3) is 0 Å². The lowest BCUT2D eigenvalue weighted by atomic mass is 9.96. The fourth-order valence-corrected chi connectivity index (χ4v) is 7.53. The van der Waals surface area contributed by atoms with E-state index in [1.54, 1.807) is 0 Å². The van der Waals surface area contributed by atoms with Crippen LogP contribution in [-0.4, -0.2) is 28.7 Å². The third-order valence-electron chi connectivity index (χ3n) is 9.58. The van der Waals surface area contributed by atoms with Crippen molar-refractivity contribution in [3.05, 3.63) is 170 Å². The number of hydrogen-bond donors (Lipinski definition) is 0. The highest BCUT2D eigenvalue weighted by Gasteiger charge is 2.17. The van der Waals surface area contributed by atoms with E-state index in [-0.39, 0.29) is 0 Å². The lowest BCUT2D eigenvalue weighted by molar-refractivity contribution is 1.07. The molecule has 0 aliphatic carbocycles. The number of fused-ring (bicyclic) bond motifs is 5. The summed E-state index contributed by atoms with van der Waals surface area (Å²) in [4.78, 5) is 20.4. The first-order valence-electron chi connectivity index (χ1n) is 17.4. The van der Waals surface area contributed by atoms with Crippen LogP contribution in [0.25, 0.3) is 100 Å². The zero-order valence-electron chi connectivity index (χ0n) is 28.3. The SMILES string of the molecule is c1ccc(-c2cccc(-c3nc(-c4ccccc4)nc(-c4cccc(-c5ccc6c(c5)nc(-c5ccccc5)c5ccc7nsnc7c56)c4)n3)c2)cc1. The predicted molar refractivity (Wildman–Crippen MR) is 216 cm³/mol. The van der Waals surface area contributed by atoms with Crippen molar-refractivity contribution in [3.63, 3.8) is 0 Å². The summed E-state index contributed by atoms with van der Waals surface area (Å²) in [5.74, 6) is 1.85. The molecule has 7 aromatic carbocycles. The smallest absolute Gasteiger partial charge is 0.164 e. The number of aromatic nitrogens is 6. The summed E-state index contributed by atoms with van der Waals surface area (Å²) in [6, 6.07) is 58.2. The lowest BCUT2D eigenvalue weighted by Crippen LogP contribution is -2.00. The third kappa shape index (κ3) is 5.69.